The van der Waals surface area contributed by atoms with Gasteiger partial charge < -0.3 is 8.83 Å². The maximum atomic E-state index is 9.89. The molecule has 19 aromatic rings. The highest BCUT2D eigenvalue weighted by atomic mass is 16.3. The standard InChI is InChI=1S/C51H34O.C45H30O/c1-51(2)45-21-10-9-14-37(45)42-20-11-19-35(49(42)51)32-22-24-33(25-23-32)47-38-15-5-7-17-40(38)48(41-18-8-6-16-39(41)47)34-27-29-46-44(30-34)43-28-26-31-12-3-4-13-36(31)50(43)52-46;1-45(2)39-21-10-9-14-30(39)35-19-11-20-37(43(35)45)42-33-17-7-5-15-31(33)41(32-16-6-8-18-34(32)42)28-23-25-40-38(26-28)36-24-22-27-12-3-4-13-29(27)44(36)46-40/h3-30H,1-2H3;3-26H,1-2H3/i1D3,2D3,3D,4D,5D,6D,7D,8D,9D,10D,11D,12D,13D,14D,15D,16D,17D,18D,19D,20D,21D,22D,23D,24D,25D,26D,27D,28D,29D,30D;1D3,2D3,3D,4D,5D,6D,7D,8D,9D,10D,11D,12D,13D,14D,15D,16D,17D,18D,19D,20D,21D,22D,23D,24D,25D,26D. The molecule has 98 heavy (non-hydrogen) atoms. The SMILES string of the molecule is [2H]c1c([2H])c([2H])c2c(c1[2H])-c1c([2H])c([2H])c([2H])c(-c3c([2H])c([2H])c(-c4c5c([2H])c([2H])c([2H])c([2H])c5c(-c5c([2H])c([2H])c6oc7c8c([2H])c([2H])c([2H])c([2H])c8c([2H])c([2H])c7c6c5[2H])c5c([2H])c([2H])c([2H])c([2H])c45)c([2H])c3[2H])c1C2(C([2H])([2H])[2H])C([2H])([2H])[2H].[2H]c1c([2H])c([2H])c2c(c1[2H])-c1c([2H])c([2H])c([2H])c(-c3c4c([2H])c([2H])c([2H])c([2H])c4c(-c4c([2H])c([2H])c5oc6c7c([2H])c([2H])c([2H])c([2H])c7c([2H])c([2H])c6c5c4[2H])c4c([2H])c([2H])c([2H])c([2H])c34)c1C2(C([2H])([2H])[2H])C([2H])([2H])[2H]. The molecule has 0 fully saturated rings. The summed E-state index contributed by atoms with van der Waals surface area (Å²) in [6.45, 7) is -15.9. The van der Waals surface area contributed by atoms with Crippen molar-refractivity contribution in [1.82, 2.24) is 0 Å². The van der Waals surface area contributed by atoms with Crippen LogP contribution in [0.25, 0.3) is 186 Å². The molecule has 0 unspecified atom stereocenters. The summed E-state index contributed by atoms with van der Waals surface area (Å²) in [5.41, 5.74) is -27.9. The Kier molecular flexibility index (Phi) is 4.70. The van der Waals surface area contributed by atoms with E-state index in [2.05, 4.69) is 0 Å². The molecule has 0 spiro atoms. The van der Waals surface area contributed by atoms with Gasteiger partial charge in [-0.15, -0.1) is 0 Å². The van der Waals surface area contributed by atoms with E-state index in [-0.39, 0.29) is 0 Å². The second-order valence-corrected chi connectivity index (χ2v) is 22.3. The second kappa shape index (κ2) is 21.2. The van der Waals surface area contributed by atoms with Crippen molar-refractivity contribution >= 4 is 109 Å². The topological polar surface area (TPSA) is 26.3 Å². The third-order valence-corrected chi connectivity index (χ3v) is 17.1. The third kappa shape index (κ3) is 8.16. The highest BCUT2D eigenvalue weighted by Gasteiger charge is 2.39. The summed E-state index contributed by atoms with van der Waals surface area (Å²) >= 11 is 0. The van der Waals surface area contributed by atoms with Gasteiger partial charge in [0.05, 0.1) is 71.3 Å². The van der Waals surface area contributed by atoms with Crippen LogP contribution in [0.5, 0.6) is 0 Å². The first-order valence-electron chi connectivity index (χ1n) is 61.1. The van der Waals surface area contributed by atoms with Gasteiger partial charge in [0, 0.05) is 59.6 Å². The number of hydrogen-bond acceptors (Lipinski definition) is 2. The quantitative estimate of drug-likeness (QED) is 0.161. The normalized spacial score (nSPS) is 23.2. The van der Waals surface area contributed by atoms with Crippen LogP contribution in [0.1, 0.15) is 137 Å². The maximum absolute atomic E-state index is 9.89. The molecule has 460 valence electrons. The molecule has 0 saturated heterocycles. The first-order chi connectivity index (χ1) is 74.8. The van der Waals surface area contributed by atoms with E-state index >= 15 is 0 Å². The van der Waals surface area contributed by atoms with E-state index in [1.54, 1.807) is 0 Å². The number of rotatable bonds is 5. The van der Waals surface area contributed by atoms with Gasteiger partial charge in [0.1, 0.15) is 22.3 Å². The Bertz CT molecular complexity index is 10200. The lowest BCUT2D eigenvalue weighted by molar-refractivity contribution is 0.662. The molecule has 17 aromatic carbocycles. The molecule has 2 aromatic heterocycles. The molecule has 2 aliphatic carbocycles. The van der Waals surface area contributed by atoms with Gasteiger partial charge in [-0.05, 0) is 190 Å². The Hall–Kier alpha value is -12.1. The average molecular weight is 1310 g/mol. The smallest absolute Gasteiger partial charge is 0.143 e. The monoisotopic (exact) mass is 1310 g/mol. The first kappa shape index (κ1) is 21.7. The van der Waals surface area contributed by atoms with Crippen molar-refractivity contribution in [3.05, 3.63) is 336 Å². The van der Waals surface area contributed by atoms with Crippen molar-refractivity contribution < 1.29 is 96.6 Å². The number of benzene rings is 17. The van der Waals surface area contributed by atoms with Crippen LogP contribution in [0.15, 0.2) is 323 Å². The predicted octanol–water partition coefficient (Wildman–Crippen LogP) is 27.0. The van der Waals surface area contributed by atoms with Gasteiger partial charge in [-0.1, -0.05) is 305 Å². The second-order valence-electron chi connectivity index (χ2n) is 22.3. The molecule has 21 rings (SSSR count). The number of fused-ring (bicyclic) bond motifs is 20. The van der Waals surface area contributed by atoms with Crippen LogP contribution in [-0.4, -0.2) is 0 Å². The van der Waals surface area contributed by atoms with Crippen molar-refractivity contribution in [1.29, 1.82) is 0 Å². The molecule has 0 radical (unpaired) electrons. The van der Waals surface area contributed by atoms with Gasteiger partial charge in [-0.3, -0.25) is 0 Å². The van der Waals surface area contributed by atoms with E-state index in [9.17, 15) is 30.2 Å². The molecular formula is C96H64O2. The minimum absolute atomic E-state index is 0.458. The van der Waals surface area contributed by atoms with Crippen LogP contribution in [0.2, 0.25) is 0 Å². The first-order valence-corrected chi connectivity index (χ1v) is 29.1. The molecule has 0 bridgehead atoms. The molecule has 2 heteroatoms. The zero-order valence-corrected chi connectivity index (χ0v) is 48.8. The summed E-state index contributed by atoms with van der Waals surface area (Å²) in [6.07, 6.45) is 0. The Morgan fingerprint density at radius 1 is 0.235 bits per heavy atom. The lowest BCUT2D eigenvalue weighted by atomic mass is 9.77. The Morgan fingerprint density at radius 2 is 0.561 bits per heavy atom. The summed E-state index contributed by atoms with van der Waals surface area (Å²) in [6, 6.07) is -54.5. The van der Waals surface area contributed by atoms with Crippen LogP contribution in [0.4, 0.5) is 0 Å². The van der Waals surface area contributed by atoms with Crippen LogP contribution in [0, 0.1) is 0 Å². The van der Waals surface area contributed by atoms with E-state index < -0.39 is 561 Å². The van der Waals surface area contributed by atoms with Gasteiger partial charge in [-0.25, -0.2) is 0 Å². The van der Waals surface area contributed by atoms with Crippen molar-refractivity contribution in [3.8, 4) is 77.9 Å². The van der Waals surface area contributed by atoms with Crippen molar-refractivity contribution in [3.63, 3.8) is 0 Å². The van der Waals surface area contributed by atoms with E-state index in [0.29, 0.717) is 0 Å². The van der Waals surface area contributed by atoms with Crippen molar-refractivity contribution in [2.45, 2.75) is 38.2 Å². The Labute approximate surface area is 657 Å². The molecule has 2 heterocycles. The van der Waals surface area contributed by atoms with Crippen molar-refractivity contribution in [2.75, 3.05) is 0 Å². The summed E-state index contributed by atoms with van der Waals surface area (Å²) in [5.74, 6) is 0. The van der Waals surface area contributed by atoms with Gasteiger partial charge in [0.25, 0.3) is 0 Å². The maximum Gasteiger partial charge on any atom is 0.143 e. The summed E-state index contributed by atoms with van der Waals surface area (Å²) in [5, 5.41) is -11.2. The van der Waals surface area contributed by atoms with Crippen LogP contribution >= 0.6 is 0 Å². The van der Waals surface area contributed by atoms with Crippen LogP contribution in [0.3, 0.4) is 0 Å². The summed E-state index contributed by atoms with van der Waals surface area (Å²) in [7, 11) is 0. The third-order valence-electron chi connectivity index (χ3n) is 17.1. The predicted molar refractivity (Wildman–Crippen MR) is 415 cm³/mol. The van der Waals surface area contributed by atoms with E-state index in [1.165, 1.54) is 0 Å². The number of furan rings is 2. The lowest BCUT2D eigenvalue weighted by Gasteiger charge is -2.26. The minimum atomic E-state index is -4.00. The zero-order valence-electron chi connectivity index (χ0n) is 113. The molecule has 2 nitrogen and oxygen atoms in total. The lowest BCUT2D eigenvalue weighted by Crippen LogP contribution is -2.16. The van der Waals surface area contributed by atoms with Gasteiger partial charge in [0.2, 0.25) is 0 Å². The fourth-order valence-electron chi connectivity index (χ4n) is 13.0. The molecule has 0 amide bonds. The molecule has 0 saturated carbocycles. The summed E-state index contributed by atoms with van der Waals surface area (Å²) in [4.78, 5) is 0. The van der Waals surface area contributed by atoms with Gasteiger partial charge in [0.15, 0.2) is 0 Å². The van der Waals surface area contributed by atoms with Crippen LogP contribution < -0.4 is 0 Å². The van der Waals surface area contributed by atoms with E-state index in [4.69, 9.17) is 66.4 Å². The highest BCUT2D eigenvalue weighted by Crippen LogP contribution is 2.56. The zero-order chi connectivity index (χ0) is 120. The van der Waals surface area contributed by atoms with Crippen LogP contribution in [-0.2, 0) is 10.8 Å². The molecule has 2 aliphatic rings. The average Bonchev–Trinajstić information content (AvgIpc) is 1.49. The van der Waals surface area contributed by atoms with Gasteiger partial charge in [-0.2, -0.15) is 0 Å². The fraction of sp³-hybridized carbons (Fsp3) is 0.0625. The minimum Gasteiger partial charge on any atom is -0.455 e. The molecule has 0 atom stereocenters. The highest BCUT2D eigenvalue weighted by molar-refractivity contribution is 6.25. The summed E-state index contributed by atoms with van der Waals surface area (Å²) < 4.78 is 594. The van der Waals surface area contributed by atoms with Crippen molar-refractivity contribution in [2.24, 2.45) is 0 Å². The molecular weight excluding hydrogens is 1190 g/mol. The van der Waals surface area contributed by atoms with E-state index in [0.717, 1.165) is 0 Å². The molecule has 0 aliphatic heterocycles. The largest absolute Gasteiger partial charge is 0.455 e. The van der Waals surface area contributed by atoms with Gasteiger partial charge >= 0.3 is 0 Å². The Morgan fingerprint density at radius 3 is 1.00 bits per heavy atom. The molecule has 0 N–H and O–H groups in total. The fourth-order valence-corrected chi connectivity index (χ4v) is 13.0. The Balaban J connectivity index is 0.000000194. The number of hydrogen-bond donors (Lipinski definition) is 0. The van der Waals surface area contributed by atoms with E-state index in [1.807, 2.05) is 0 Å².